The monoisotopic (exact) mass is 284 g/mol. The van der Waals surface area contributed by atoms with Gasteiger partial charge in [-0.25, -0.2) is 13.6 Å². The van der Waals surface area contributed by atoms with Crippen LogP contribution in [0, 0.1) is 11.6 Å². The maximum atomic E-state index is 13.0. The fraction of sp³-hybridized carbons (Fsp3) is 0.385. The SMILES string of the molecule is O=C(CCN1CCCOC1=O)Nc1ccc(F)c(F)c1. The summed E-state index contributed by atoms with van der Waals surface area (Å²) in [5.41, 5.74) is 0.176. The van der Waals surface area contributed by atoms with Gasteiger partial charge in [-0.3, -0.25) is 4.79 Å². The number of nitrogens with zero attached hydrogens (tertiary/aromatic N) is 1. The number of hydrogen-bond donors (Lipinski definition) is 1. The van der Waals surface area contributed by atoms with Crippen molar-refractivity contribution in [1.82, 2.24) is 4.90 Å². The lowest BCUT2D eigenvalue weighted by atomic mass is 10.2. The number of rotatable bonds is 4. The Morgan fingerprint density at radius 1 is 1.35 bits per heavy atom. The largest absolute Gasteiger partial charge is 0.449 e. The van der Waals surface area contributed by atoms with E-state index in [2.05, 4.69) is 5.32 Å². The zero-order valence-corrected chi connectivity index (χ0v) is 10.7. The first kappa shape index (κ1) is 14.2. The van der Waals surface area contributed by atoms with Crippen molar-refractivity contribution in [1.29, 1.82) is 0 Å². The number of anilines is 1. The molecule has 0 aromatic heterocycles. The van der Waals surface area contributed by atoms with E-state index in [-0.39, 0.29) is 24.6 Å². The third kappa shape index (κ3) is 3.66. The summed E-state index contributed by atoms with van der Waals surface area (Å²) in [6.45, 7) is 1.18. The lowest BCUT2D eigenvalue weighted by molar-refractivity contribution is -0.116. The minimum absolute atomic E-state index is 0.0636. The Morgan fingerprint density at radius 2 is 2.15 bits per heavy atom. The molecule has 0 radical (unpaired) electrons. The van der Waals surface area contributed by atoms with Crippen molar-refractivity contribution >= 4 is 17.7 Å². The predicted octanol–water partition coefficient (Wildman–Crippen LogP) is 2.14. The molecule has 2 amide bonds. The fourth-order valence-corrected chi connectivity index (χ4v) is 1.83. The Balaban J connectivity index is 1.83. The van der Waals surface area contributed by atoms with E-state index >= 15 is 0 Å². The molecule has 1 aliphatic rings. The summed E-state index contributed by atoms with van der Waals surface area (Å²) in [4.78, 5) is 24.4. The molecule has 1 aromatic carbocycles. The number of benzene rings is 1. The number of ether oxygens (including phenoxy) is 1. The van der Waals surface area contributed by atoms with Crippen LogP contribution in [0.5, 0.6) is 0 Å². The van der Waals surface area contributed by atoms with Crippen molar-refractivity contribution in [3.8, 4) is 0 Å². The van der Waals surface area contributed by atoms with Gasteiger partial charge >= 0.3 is 6.09 Å². The Bertz CT molecular complexity index is 522. The molecule has 2 rings (SSSR count). The molecule has 20 heavy (non-hydrogen) atoms. The van der Waals surface area contributed by atoms with E-state index in [1.165, 1.54) is 11.0 Å². The van der Waals surface area contributed by atoms with E-state index in [1.54, 1.807) is 0 Å². The van der Waals surface area contributed by atoms with E-state index in [9.17, 15) is 18.4 Å². The molecular formula is C13H14F2N2O3. The quantitative estimate of drug-likeness (QED) is 0.921. The number of carbonyl (C=O) groups is 2. The van der Waals surface area contributed by atoms with Gasteiger partial charge in [0.05, 0.1) is 6.61 Å². The second-order valence-corrected chi connectivity index (χ2v) is 4.38. The first-order valence-electron chi connectivity index (χ1n) is 6.23. The lowest BCUT2D eigenvalue weighted by Crippen LogP contribution is -2.39. The van der Waals surface area contributed by atoms with Crippen LogP contribution in [0.25, 0.3) is 0 Å². The number of hydrogen-bond acceptors (Lipinski definition) is 3. The Kier molecular flexibility index (Phi) is 4.49. The molecule has 0 unspecified atom stereocenters. The highest BCUT2D eigenvalue weighted by atomic mass is 19.2. The lowest BCUT2D eigenvalue weighted by Gasteiger charge is -2.25. The van der Waals surface area contributed by atoms with Gasteiger partial charge in [0.2, 0.25) is 5.91 Å². The van der Waals surface area contributed by atoms with Gasteiger partial charge in [0.25, 0.3) is 0 Å². The number of amides is 2. The van der Waals surface area contributed by atoms with Crippen molar-refractivity contribution in [2.45, 2.75) is 12.8 Å². The van der Waals surface area contributed by atoms with E-state index in [0.717, 1.165) is 18.6 Å². The summed E-state index contributed by atoms with van der Waals surface area (Å²) in [5, 5.41) is 2.44. The summed E-state index contributed by atoms with van der Waals surface area (Å²) < 4.78 is 30.5. The van der Waals surface area contributed by atoms with Crippen LogP contribution in [-0.2, 0) is 9.53 Å². The molecule has 1 N–H and O–H groups in total. The van der Waals surface area contributed by atoms with Crippen LogP contribution in [0.3, 0.4) is 0 Å². The van der Waals surface area contributed by atoms with Crippen molar-refractivity contribution in [3.05, 3.63) is 29.8 Å². The van der Waals surface area contributed by atoms with E-state index in [4.69, 9.17) is 4.74 Å². The highest BCUT2D eigenvalue weighted by molar-refractivity contribution is 5.91. The molecule has 0 saturated carbocycles. The molecule has 0 spiro atoms. The van der Waals surface area contributed by atoms with E-state index in [0.29, 0.717) is 13.2 Å². The minimum Gasteiger partial charge on any atom is -0.449 e. The third-order valence-electron chi connectivity index (χ3n) is 2.87. The second kappa shape index (κ2) is 6.31. The van der Waals surface area contributed by atoms with Gasteiger partial charge in [-0.1, -0.05) is 0 Å². The zero-order valence-electron chi connectivity index (χ0n) is 10.7. The van der Waals surface area contributed by atoms with Gasteiger partial charge in [-0.15, -0.1) is 0 Å². The van der Waals surface area contributed by atoms with Gasteiger partial charge in [0, 0.05) is 31.3 Å². The van der Waals surface area contributed by atoms with Crippen molar-refractivity contribution in [3.63, 3.8) is 0 Å². The van der Waals surface area contributed by atoms with E-state index in [1.807, 2.05) is 0 Å². The van der Waals surface area contributed by atoms with Gasteiger partial charge < -0.3 is 15.0 Å². The van der Waals surface area contributed by atoms with Crippen molar-refractivity contribution in [2.24, 2.45) is 0 Å². The molecular weight excluding hydrogens is 270 g/mol. The molecule has 5 nitrogen and oxygen atoms in total. The Morgan fingerprint density at radius 3 is 2.85 bits per heavy atom. The van der Waals surface area contributed by atoms with Crippen LogP contribution >= 0.6 is 0 Å². The maximum absolute atomic E-state index is 13.0. The standard InChI is InChI=1S/C13H14F2N2O3/c14-10-3-2-9(8-11(10)15)16-12(18)4-6-17-5-1-7-20-13(17)19/h2-3,8H,1,4-7H2,(H,16,18). The molecule has 0 atom stereocenters. The van der Waals surface area contributed by atoms with Gasteiger partial charge in [0.15, 0.2) is 11.6 Å². The van der Waals surface area contributed by atoms with Gasteiger partial charge in [-0.2, -0.15) is 0 Å². The number of halogens is 2. The zero-order chi connectivity index (χ0) is 14.5. The number of cyclic esters (lactones) is 1. The first-order valence-corrected chi connectivity index (χ1v) is 6.23. The number of carbonyl (C=O) groups excluding carboxylic acids is 2. The second-order valence-electron chi connectivity index (χ2n) is 4.38. The fourth-order valence-electron chi connectivity index (χ4n) is 1.83. The normalized spacial score (nSPS) is 14.9. The Labute approximate surface area is 114 Å². The summed E-state index contributed by atoms with van der Waals surface area (Å²) in [5.74, 6) is -2.38. The summed E-state index contributed by atoms with van der Waals surface area (Å²) in [6, 6.07) is 3.11. The van der Waals surface area contributed by atoms with Gasteiger partial charge in [-0.05, 0) is 18.6 Å². The van der Waals surface area contributed by atoms with Crippen LogP contribution < -0.4 is 5.32 Å². The molecule has 1 fully saturated rings. The molecule has 7 heteroatoms. The average molecular weight is 284 g/mol. The topological polar surface area (TPSA) is 58.6 Å². The van der Waals surface area contributed by atoms with Crippen molar-refractivity contribution in [2.75, 3.05) is 25.0 Å². The van der Waals surface area contributed by atoms with Crippen LogP contribution in [-0.4, -0.2) is 36.6 Å². The first-order chi connectivity index (χ1) is 9.56. The highest BCUT2D eigenvalue weighted by Crippen LogP contribution is 2.13. The summed E-state index contributed by atoms with van der Waals surface area (Å²) in [6.07, 6.45) is 0.363. The molecule has 1 aliphatic heterocycles. The summed E-state index contributed by atoms with van der Waals surface area (Å²) in [7, 11) is 0. The third-order valence-corrected chi connectivity index (χ3v) is 2.87. The van der Waals surface area contributed by atoms with Crippen molar-refractivity contribution < 1.29 is 23.1 Å². The molecule has 1 saturated heterocycles. The molecule has 0 bridgehead atoms. The van der Waals surface area contributed by atoms with Crippen LogP contribution in [0.1, 0.15) is 12.8 Å². The van der Waals surface area contributed by atoms with Crippen LogP contribution in [0.4, 0.5) is 19.3 Å². The predicted molar refractivity (Wildman–Crippen MR) is 67.1 cm³/mol. The number of nitrogens with one attached hydrogen (secondary N) is 1. The molecule has 108 valence electrons. The summed E-state index contributed by atoms with van der Waals surface area (Å²) >= 11 is 0. The minimum atomic E-state index is -1.03. The average Bonchev–Trinajstić information content (AvgIpc) is 2.42. The highest BCUT2D eigenvalue weighted by Gasteiger charge is 2.20. The molecule has 0 aliphatic carbocycles. The van der Waals surface area contributed by atoms with E-state index < -0.39 is 17.7 Å². The van der Waals surface area contributed by atoms with Gasteiger partial charge in [0.1, 0.15) is 0 Å². The Hall–Kier alpha value is -2.18. The molecule has 1 heterocycles. The van der Waals surface area contributed by atoms with Crippen LogP contribution in [0.15, 0.2) is 18.2 Å². The maximum Gasteiger partial charge on any atom is 0.409 e. The smallest absolute Gasteiger partial charge is 0.409 e. The molecule has 1 aromatic rings. The van der Waals surface area contributed by atoms with Crippen LogP contribution in [0.2, 0.25) is 0 Å².